The number of amides is 3. The number of aromatic nitrogens is 2. The second kappa shape index (κ2) is 7.92. The van der Waals surface area contributed by atoms with Gasteiger partial charge in [-0.3, -0.25) is 20.7 Å². The number of nitrogens with one attached hydrogen (secondary N) is 4. The average molecular weight is 423 g/mol. The molecule has 1 aromatic carbocycles. The lowest BCUT2D eigenvalue weighted by Crippen LogP contribution is -2.57. The summed E-state index contributed by atoms with van der Waals surface area (Å²) < 4.78 is 1.64. The minimum atomic E-state index is -0.522. The quantitative estimate of drug-likeness (QED) is 0.516. The van der Waals surface area contributed by atoms with E-state index in [0.717, 1.165) is 29.8 Å². The van der Waals surface area contributed by atoms with Crippen molar-refractivity contribution in [1.29, 1.82) is 0 Å². The molecule has 3 aromatic rings. The maximum Gasteiger partial charge on any atom is 0.325 e. The third kappa shape index (κ3) is 3.69. The maximum absolute atomic E-state index is 12.6. The van der Waals surface area contributed by atoms with Gasteiger partial charge in [0.15, 0.2) is 6.29 Å². The molecule has 3 atom stereocenters. The van der Waals surface area contributed by atoms with Crippen LogP contribution >= 0.6 is 11.3 Å². The lowest BCUT2D eigenvalue weighted by Gasteiger charge is -2.34. The van der Waals surface area contributed by atoms with Gasteiger partial charge in [0.2, 0.25) is 5.91 Å². The van der Waals surface area contributed by atoms with Crippen LogP contribution in [0.2, 0.25) is 0 Å². The molecule has 2 fully saturated rings. The largest absolute Gasteiger partial charge is 0.325 e. The molecule has 1 aliphatic carbocycles. The number of thiophene rings is 1. The summed E-state index contributed by atoms with van der Waals surface area (Å²) >= 11 is 1.44. The number of carbonyl (C=O) groups excluding carboxylic acids is 2. The van der Waals surface area contributed by atoms with Gasteiger partial charge in [-0.1, -0.05) is 36.8 Å². The third-order valence-corrected chi connectivity index (χ3v) is 6.34. The first-order valence-corrected chi connectivity index (χ1v) is 10.9. The molecular weight excluding hydrogens is 400 g/mol. The molecule has 0 spiro atoms. The van der Waals surface area contributed by atoms with Crippen LogP contribution in [-0.4, -0.2) is 27.8 Å². The Morgan fingerprint density at radius 2 is 2.00 bits per heavy atom. The highest BCUT2D eigenvalue weighted by Crippen LogP contribution is 2.32. The molecule has 8 nitrogen and oxygen atoms in total. The number of benzene rings is 1. The molecule has 1 aliphatic heterocycles. The summed E-state index contributed by atoms with van der Waals surface area (Å²) in [5.74, 6) is 0.535. The minimum Gasteiger partial charge on any atom is -0.322 e. The summed E-state index contributed by atoms with van der Waals surface area (Å²) in [5.41, 5.74) is 1.64. The van der Waals surface area contributed by atoms with Crippen LogP contribution in [0.5, 0.6) is 0 Å². The number of fused-ring (bicyclic) bond motifs is 1. The van der Waals surface area contributed by atoms with E-state index < -0.39 is 6.29 Å². The van der Waals surface area contributed by atoms with E-state index in [0.29, 0.717) is 11.5 Å². The Kier molecular flexibility index (Phi) is 4.97. The van der Waals surface area contributed by atoms with Crippen molar-refractivity contribution in [2.75, 3.05) is 10.6 Å². The lowest BCUT2D eigenvalue weighted by molar-refractivity contribution is -0.130. The van der Waals surface area contributed by atoms with Gasteiger partial charge in [-0.05, 0) is 30.4 Å². The summed E-state index contributed by atoms with van der Waals surface area (Å²) in [6.07, 6.45) is 2.37. The molecule has 3 heterocycles. The zero-order valence-electron chi connectivity index (χ0n) is 16.2. The standard InChI is InChI=1S/C21H22N6O2S/c28-19-14-8-4-9-15(14)22-20(25-19)27-17(23-21(29)24-18-10-5-11-30-18)12-16(26-27)13-6-2-1-3-7-13/h1-3,5-7,10-12,14-15,20,22H,4,8-9H2,(H,25,28)(H2,23,24,29). The van der Waals surface area contributed by atoms with Crippen molar-refractivity contribution in [2.24, 2.45) is 5.92 Å². The van der Waals surface area contributed by atoms with E-state index in [2.05, 4.69) is 21.3 Å². The average Bonchev–Trinajstić information content (AvgIpc) is 3.49. The molecule has 4 N–H and O–H groups in total. The minimum absolute atomic E-state index is 0.00365. The molecule has 0 radical (unpaired) electrons. The molecule has 3 amide bonds. The first-order valence-electron chi connectivity index (χ1n) is 10.0. The second-order valence-corrected chi connectivity index (χ2v) is 8.45. The number of anilines is 2. The van der Waals surface area contributed by atoms with Crippen molar-refractivity contribution in [3.05, 3.63) is 53.9 Å². The molecule has 154 valence electrons. The number of carbonyl (C=O) groups is 2. The van der Waals surface area contributed by atoms with Gasteiger partial charge in [0.25, 0.3) is 0 Å². The lowest BCUT2D eigenvalue weighted by atomic mass is 10.0. The van der Waals surface area contributed by atoms with Crippen LogP contribution in [-0.2, 0) is 4.79 Å². The first-order chi connectivity index (χ1) is 14.7. The van der Waals surface area contributed by atoms with E-state index in [1.54, 1.807) is 4.68 Å². The highest BCUT2D eigenvalue weighted by Gasteiger charge is 2.40. The topological polar surface area (TPSA) is 100 Å². The van der Waals surface area contributed by atoms with E-state index in [4.69, 9.17) is 5.10 Å². The van der Waals surface area contributed by atoms with Crippen molar-refractivity contribution in [2.45, 2.75) is 31.6 Å². The Bertz CT molecular complexity index is 1050. The van der Waals surface area contributed by atoms with Crippen LogP contribution in [0.4, 0.5) is 15.6 Å². The zero-order chi connectivity index (χ0) is 20.5. The first kappa shape index (κ1) is 18.8. The van der Waals surface area contributed by atoms with E-state index in [1.807, 2.05) is 53.9 Å². The summed E-state index contributed by atoms with van der Waals surface area (Å²) in [7, 11) is 0. The monoisotopic (exact) mass is 422 g/mol. The van der Waals surface area contributed by atoms with Crippen molar-refractivity contribution >= 4 is 34.1 Å². The highest BCUT2D eigenvalue weighted by atomic mass is 32.1. The summed E-state index contributed by atoms with van der Waals surface area (Å²) in [6, 6.07) is 15.0. The summed E-state index contributed by atoms with van der Waals surface area (Å²) in [5, 5.41) is 19.5. The molecule has 30 heavy (non-hydrogen) atoms. The number of hydrogen-bond acceptors (Lipinski definition) is 5. The highest BCUT2D eigenvalue weighted by molar-refractivity contribution is 7.14. The SMILES string of the molecule is O=C(Nc1cccs1)Nc1cc(-c2ccccc2)nn1C1NC(=O)C2CCCC2N1. The van der Waals surface area contributed by atoms with Gasteiger partial charge in [-0.2, -0.15) is 5.10 Å². The van der Waals surface area contributed by atoms with Gasteiger partial charge in [0.1, 0.15) is 5.82 Å². The predicted molar refractivity (Wildman–Crippen MR) is 116 cm³/mol. The molecule has 5 rings (SSSR count). The molecule has 0 bridgehead atoms. The molecule has 1 saturated heterocycles. The molecule has 2 aromatic heterocycles. The predicted octanol–water partition coefficient (Wildman–Crippen LogP) is 3.60. The van der Waals surface area contributed by atoms with E-state index in [1.165, 1.54) is 11.3 Å². The summed E-state index contributed by atoms with van der Waals surface area (Å²) in [6.45, 7) is 0. The Morgan fingerprint density at radius 1 is 1.13 bits per heavy atom. The number of nitrogens with zero attached hydrogens (tertiary/aromatic N) is 2. The molecule has 9 heteroatoms. The van der Waals surface area contributed by atoms with Crippen LogP contribution in [0.25, 0.3) is 11.3 Å². The van der Waals surface area contributed by atoms with Crippen molar-refractivity contribution in [3.63, 3.8) is 0 Å². The van der Waals surface area contributed by atoms with Crippen molar-refractivity contribution in [1.82, 2.24) is 20.4 Å². The van der Waals surface area contributed by atoms with E-state index in [9.17, 15) is 9.59 Å². The van der Waals surface area contributed by atoms with Gasteiger partial charge < -0.3 is 5.32 Å². The second-order valence-electron chi connectivity index (χ2n) is 7.50. The molecule has 1 saturated carbocycles. The van der Waals surface area contributed by atoms with Gasteiger partial charge >= 0.3 is 6.03 Å². The normalized spacial score (nSPS) is 22.9. The maximum atomic E-state index is 12.6. The zero-order valence-corrected chi connectivity index (χ0v) is 17.0. The van der Waals surface area contributed by atoms with Crippen molar-refractivity contribution in [3.8, 4) is 11.3 Å². The third-order valence-electron chi connectivity index (χ3n) is 5.55. The Labute approximate surface area is 177 Å². The molecule has 3 unspecified atom stereocenters. The van der Waals surface area contributed by atoms with E-state index in [-0.39, 0.29) is 23.9 Å². The van der Waals surface area contributed by atoms with E-state index >= 15 is 0 Å². The van der Waals surface area contributed by atoms with Crippen LogP contribution in [0.3, 0.4) is 0 Å². The van der Waals surface area contributed by atoms with Crippen LogP contribution in [0, 0.1) is 5.92 Å². The smallest absolute Gasteiger partial charge is 0.322 e. The Balaban J connectivity index is 1.44. The number of hydrogen-bond donors (Lipinski definition) is 4. The van der Waals surface area contributed by atoms with Gasteiger partial charge in [0, 0.05) is 17.7 Å². The Hall–Kier alpha value is -3.17. The fourth-order valence-electron chi connectivity index (χ4n) is 4.14. The van der Waals surface area contributed by atoms with Gasteiger partial charge in [-0.25, -0.2) is 9.48 Å². The van der Waals surface area contributed by atoms with Crippen LogP contribution < -0.4 is 21.3 Å². The van der Waals surface area contributed by atoms with Gasteiger partial charge in [-0.15, -0.1) is 11.3 Å². The number of urea groups is 1. The van der Waals surface area contributed by atoms with Gasteiger partial charge in [0.05, 0.1) is 16.6 Å². The molecule has 2 aliphatic rings. The molecular formula is C21H22N6O2S. The number of rotatable bonds is 4. The fourth-order valence-corrected chi connectivity index (χ4v) is 4.75. The van der Waals surface area contributed by atoms with Crippen LogP contribution in [0.1, 0.15) is 25.6 Å². The van der Waals surface area contributed by atoms with Crippen molar-refractivity contribution < 1.29 is 9.59 Å². The van der Waals surface area contributed by atoms with Crippen LogP contribution in [0.15, 0.2) is 53.9 Å². The Morgan fingerprint density at radius 3 is 2.80 bits per heavy atom. The summed E-state index contributed by atoms with van der Waals surface area (Å²) in [4.78, 5) is 25.1. The fraction of sp³-hybridized carbons (Fsp3) is 0.286.